The van der Waals surface area contributed by atoms with Crippen LogP contribution >= 0.6 is 11.3 Å². The van der Waals surface area contributed by atoms with E-state index in [9.17, 15) is 13.6 Å². The minimum absolute atomic E-state index is 0.0971. The van der Waals surface area contributed by atoms with Crippen molar-refractivity contribution in [1.82, 2.24) is 9.88 Å². The highest BCUT2D eigenvalue weighted by Crippen LogP contribution is 2.35. The molecule has 0 N–H and O–H groups in total. The Morgan fingerprint density at radius 3 is 2.85 bits per heavy atom. The van der Waals surface area contributed by atoms with Crippen LogP contribution in [0.25, 0.3) is 10.6 Å². The number of carbonyl (C=O) groups excluding carboxylic acids is 1. The van der Waals surface area contributed by atoms with Gasteiger partial charge >= 0.3 is 0 Å². The highest BCUT2D eigenvalue weighted by atomic mass is 32.1. The van der Waals surface area contributed by atoms with E-state index in [1.54, 1.807) is 5.38 Å². The van der Waals surface area contributed by atoms with E-state index < -0.39 is 12.5 Å². The lowest BCUT2D eigenvalue weighted by molar-refractivity contribution is -0.0943. The second kappa shape index (κ2) is 7.16. The molecule has 0 aliphatic carbocycles. The molecule has 1 fully saturated rings. The third-order valence-corrected chi connectivity index (χ3v) is 5.07. The summed E-state index contributed by atoms with van der Waals surface area (Å²) in [5.74, 6) is 0.961. The van der Waals surface area contributed by atoms with Crippen LogP contribution in [0.2, 0.25) is 0 Å². The largest absolute Gasteiger partial charge is 0.486 e. The molecule has 138 valence electrons. The predicted octanol–water partition coefficient (Wildman–Crippen LogP) is 2.69. The van der Waals surface area contributed by atoms with Gasteiger partial charge < -0.3 is 19.1 Å². The van der Waals surface area contributed by atoms with Crippen LogP contribution in [0.4, 0.5) is 8.78 Å². The van der Waals surface area contributed by atoms with E-state index in [-0.39, 0.29) is 31.3 Å². The number of fused-ring (bicyclic) bond motifs is 1. The zero-order valence-corrected chi connectivity index (χ0v) is 14.5. The highest BCUT2D eigenvalue weighted by Gasteiger charge is 2.31. The Hall–Kier alpha value is -2.26. The Balaban J connectivity index is 1.51. The molecule has 1 aromatic heterocycles. The fourth-order valence-corrected chi connectivity index (χ4v) is 3.65. The van der Waals surface area contributed by atoms with Crippen molar-refractivity contribution < 1.29 is 27.8 Å². The predicted molar refractivity (Wildman–Crippen MR) is 90.2 cm³/mol. The van der Waals surface area contributed by atoms with Crippen molar-refractivity contribution in [3.05, 3.63) is 29.3 Å². The fraction of sp³-hybridized carbons (Fsp3) is 0.412. The summed E-state index contributed by atoms with van der Waals surface area (Å²) in [5, 5.41) is 2.30. The summed E-state index contributed by atoms with van der Waals surface area (Å²) >= 11 is 1.32. The molecule has 1 amide bonds. The van der Waals surface area contributed by atoms with Crippen LogP contribution in [0.15, 0.2) is 23.6 Å². The number of morpholine rings is 1. The van der Waals surface area contributed by atoms with E-state index in [1.807, 2.05) is 18.2 Å². The first-order valence-electron chi connectivity index (χ1n) is 8.16. The van der Waals surface area contributed by atoms with Gasteiger partial charge in [-0.1, -0.05) is 0 Å². The molecule has 0 bridgehead atoms. The highest BCUT2D eigenvalue weighted by molar-refractivity contribution is 7.13. The van der Waals surface area contributed by atoms with Crippen LogP contribution in [0.3, 0.4) is 0 Å². The number of thiazole rings is 1. The number of hydrogen-bond acceptors (Lipinski definition) is 6. The number of hydrogen-bond donors (Lipinski definition) is 0. The maximum absolute atomic E-state index is 12.8. The Kier molecular flexibility index (Phi) is 4.73. The van der Waals surface area contributed by atoms with Crippen LogP contribution in [0, 0.1) is 0 Å². The van der Waals surface area contributed by atoms with Crippen molar-refractivity contribution in [3.63, 3.8) is 0 Å². The summed E-state index contributed by atoms with van der Waals surface area (Å²) in [6, 6.07) is 5.48. The number of rotatable bonds is 3. The molecule has 2 aromatic rings. The van der Waals surface area contributed by atoms with Crippen molar-refractivity contribution in [1.29, 1.82) is 0 Å². The van der Waals surface area contributed by atoms with E-state index in [0.29, 0.717) is 29.7 Å². The summed E-state index contributed by atoms with van der Waals surface area (Å²) in [5.41, 5.74) is 1.06. The quantitative estimate of drug-likeness (QED) is 0.817. The lowest BCUT2D eigenvalue weighted by atomic mass is 10.2. The molecule has 0 spiro atoms. The van der Waals surface area contributed by atoms with E-state index in [2.05, 4.69) is 4.98 Å². The standard InChI is InChI=1S/C17H16F2N2O4S/c18-15(19)14-8-21(3-4-23-14)17(22)11-9-26-16(20-11)10-1-2-12-13(7-10)25-6-5-24-12/h1-2,7,9,14-15H,3-6,8H2. The van der Waals surface area contributed by atoms with Gasteiger partial charge in [0.25, 0.3) is 12.3 Å². The van der Waals surface area contributed by atoms with Gasteiger partial charge in [-0.25, -0.2) is 13.8 Å². The molecule has 26 heavy (non-hydrogen) atoms. The smallest absolute Gasteiger partial charge is 0.273 e. The summed E-state index contributed by atoms with van der Waals surface area (Å²) in [7, 11) is 0. The van der Waals surface area contributed by atoms with Gasteiger partial charge in [0, 0.05) is 17.5 Å². The summed E-state index contributed by atoms with van der Waals surface area (Å²) in [6.45, 7) is 1.24. The normalized spacial score (nSPS) is 19.7. The number of nitrogens with zero attached hydrogens (tertiary/aromatic N) is 2. The van der Waals surface area contributed by atoms with Crippen molar-refractivity contribution in [3.8, 4) is 22.1 Å². The van der Waals surface area contributed by atoms with Gasteiger partial charge in [-0.05, 0) is 18.2 Å². The second-order valence-electron chi connectivity index (χ2n) is 5.89. The molecule has 4 rings (SSSR count). The van der Waals surface area contributed by atoms with E-state index in [1.165, 1.54) is 16.2 Å². The molecule has 1 unspecified atom stereocenters. The van der Waals surface area contributed by atoms with E-state index in [0.717, 1.165) is 5.56 Å². The van der Waals surface area contributed by atoms with Gasteiger partial charge in [0.05, 0.1) is 13.2 Å². The van der Waals surface area contributed by atoms with Crippen LogP contribution in [-0.2, 0) is 4.74 Å². The fourth-order valence-electron chi connectivity index (χ4n) is 2.86. The zero-order chi connectivity index (χ0) is 18.1. The summed E-state index contributed by atoms with van der Waals surface area (Å²) in [6.07, 6.45) is -3.86. The summed E-state index contributed by atoms with van der Waals surface area (Å²) in [4.78, 5) is 18.3. The Morgan fingerprint density at radius 2 is 2.04 bits per heavy atom. The van der Waals surface area contributed by atoms with Gasteiger partial charge in [-0.3, -0.25) is 4.79 Å². The number of carbonyl (C=O) groups is 1. The van der Waals surface area contributed by atoms with E-state index >= 15 is 0 Å². The van der Waals surface area contributed by atoms with Crippen LogP contribution in [0.1, 0.15) is 10.5 Å². The van der Waals surface area contributed by atoms with Crippen molar-refractivity contribution in [2.45, 2.75) is 12.5 Å². The van der Waals surface area contributed by atoms with Gasteiger partial charge in [0.2, 0.25) is 0 Å². The maximum atomic E-state index is 12.8. The number of alkyl halides is 2. The number of halogens is 2. The van der Waals surface area contributed by atoms with Crippen LogP contribution in [0.5, 0.6) is 11.5 Å². The lowest BCUT2D eigenvalue weighted by Gasteiger charge is -2.32. The Bertz CT molecular complexity index is 814. The molecule has 2 aliphatic heterocycles. The van der Waals surface area contributed by atoms with Gasteiger partial charge in [-0.2, -0.15) is 0 Å². The molecule has 6 nitrogen and oxygen atoms in total. The Labute approximate surface area is 152 Å². The molecular weight excluding hydrogens is 366 g/mol. The van der Waals surface area contributed by atoms with Gasteiger partial charge in [0.1, 0.15) is 30.0 Å². The van der Waals surface area contributed by atoms with Crippen molar-refractivity contribution >= 4 is 17.2 Å². The third kappa shape index (κ3) is 3.36. The maximum Gasteiger partial charge on any atom is 0.273 e. The molecule has 3 heterocycles. The van der Waals surface area contributed by atoms with E-state index in [4.69, 9.17) is 14.2 Å². The van der Waals surface area contributed by atoms with Crippen LogP contribution < -0.4 is 9.47 Å². The molecule has 1 aromatic carbocycles. The SMILES string of the molecule is O=C(c1csc(-c2ccc3c(c2)OCCO3)n1)N1CCOC(C(F)F)C1. The minimum Gasteiger partial charge on any atom is -0.486 e. The number of aromatic nitrogens is 1. The first-order chi connectivity index (χ1) is 12.6. The molecule has 0 saturated carbocycles. The van der Waals surface area contributed by atoms with Crippen molar-refractivity contribution in [2.24, 2.45) is 0 Å². The second-order valence-corrected chi connectivity index (χ2v) is 6.75. The molecular formula is C17H16F2N2O4S. The average Bonchev–Trinajstić information content (AvgIpc) is 3.17. The van der Waals surface area contributed by atoms with Crippen LogP contribution in [-0.4, -0.2) is 61.2 Å². The molecule has 0 radical (unpaired) electrons. The summed E-state index contributed by atoms with van der Waals surface area (Å²) < 4.78 is 41.7. The topological polar surface area (TPSA) is 60.9 Å². The number of amides is 1. The molecule has 9 heteroatoms. The molecule has 1 atom stereocenters. The third-order valence-electron chi connectivity index (χ3n) is 4.17. The Morgan fingerprint density at radius 1 is 1.23 bits per heavy atom. The first kappa shape index (κ1) is 17.2. The zero-order valence-electron chi connectivity index (χ0n) is 13.7. The van der Waals surface area contributed by atoms with Gasteiger partial charge in [-0.15, -0.1) is 11.3 Å². The minimum atomic E-state index is -2.62. The first-order valence-corrected chi connectivity index (χ1v) is 9.04. The monoisotopic (exact) mass is 382 g/mol. The molecule has 1 saturated heterocycles. The average molecular weight is 382 g/mol. The van der Waals surface area contributed by atoms with Crippen molar-refractivity contribution in [2.75, 3.05) is 32.9 Å². The number of ether oxygens (including phenoxy) is 3. The lowest BCUT2D eigenvalue weighted by Crippen LogP contribution is -2.48. The molecule has 2 aliphatic rings. The number of benzene rings is 1. The van der Waals surface area contributed by atoms with Gasteiger partial charge in [0.15, 0.2) is 11.5 Å².